The van der Waals surface area contributed by atoms with Crippen LogP contribution in [0.25, 0.3) is 11.4 Å². The van der Waals surface area contributed by atoms with Crippen molar-refractivity contribution < 1.29 is 9.53 Å². The monoisotopic (exact) mass is 220 g/mol. The number of aromatic nitrogens is 4. The third-order valence-electron chi connectivity index (χ3n) is 2.15. The van der Waals surface area contributed by atoms with Crippen molar-refractivity contribution in [2.75, 3.05) is 6.61 Å². The Balaban J connectivity index is 2.26. The maximum atomic E-state index is 11.4. The molecule has 2 aromatic heterocycles. The number of hydrogen-bond donors (Lipinski definition) is 1. The molecule has 0 saturated heterocycles. The molecule has 0 fully saturated rings. The Morgan fingerprint density at radius 2 is 2.44 bits per heavy atom. The molecule has 2 aromatic rings. The quantitative estimate of drug-likeness (QED) is 0.783. The molecule has 16 heavy (non-hydrogen) atoms. The zero-order chi connectivity index (χ0) is 11.5. The minimum absolute atomic E-state index is 0.345. The van der Waals surface area contributed by atoms with E-state index in [-0.39, 0.29) is 0 Å². The lowest BCUT2D eigenvalue weighted by molar-refractivity contribution is 0.0519. The first-order valence-corrected chi connectivity index (χ1v) is 4.91. The number of esters is 1. The summed E-state index contributed by atoms with van der Waals surface area (Å²) in [5.74, 6) is -0.400. The molecule has 1 N–H and O–H groups in total. The van der Waals surface area contributed by atoms with Crippen molar-refractivity contribution in [3.63, 3.8) is 0 Å². The molecule has 0 amide bonds. The summed E-state index contributed by atoms with van der Waals surface area (Å²) in [6.45, 7) is 2.11. The van der Waals surface area contributed by atoms with Crippen molar-refractivity contribution in [2.24, 2.45) is 7.05 Å². The molecule has 0 aliphatic heterocycles. The number of nitrogens with one attached hydrogen (secondary N) is 1. The van der Waals surface area contributed by atoms with Crippen LogP contribution in [0.4, 0.5) is 0 Å². The van der Waals surface area contributed by atoms with Gasteiger partial charge in [-0.3, -0.25) is 5.10 Å². The maximum absolute atomic E-state index is 11.4. The number of imidazole rings is 1. The van der Waals surface area contributed by atoms with Crippen LogP contribution in [0.1, 0.15) is 17.4 Å². The molecule has 0 spiro atoms. The molecule has 6 heteroatoms. The second kappa shape index (κ2) is 4.18. The van der Waals surface area contributed by atoms with Gasteiger partial charge in [-0.05, 0) is 6.92 Å². The highest BCUT2D eigenvalue weighted by Crippen LogP contribution is 2.16. The van der Waals surface area contributed by atoms with E-state index in [1.807, 2.05) is 11.6 Å². The van der Waals surface area contributed by atoms with Crippen molar-refractivity contribution >= 4 is 5.97 Å². The average molecular weight is 220 g/mol. The Morgan fingerprint density at radius 1 is 1.62 bits per heavy atom. The molecule has 84 valence electrons. The zero-order valence-electron chi connectivity index (χ0n) is 9.10. The first-order chi connectivity index (χ1) is 7.72. The van der Waals surface area contributed by atoms with Gasteiger partial charge in [0.15, 0.2) is 0 Å². The number of aryl methyl sites for hydroxylation is 1. The Kier molecular flexibility index (Phi) is 2.72. The van der Waals surface area contributed by atoms with E-state index in [9.17, 15) is 4.79 Å². The van der Waals surface area contributed by atoms with Gasteiger partial charge in [0.2, 0.25) is 0 Å². The van der Waals surface area contributed by atoms with E-state index in [0.717, 1.165) is 5.69 Å². The van der Waals surface area contributed by atoms with Gasteiger partial charge in [0.05, 0.1) is 24.8 Å². The number of nitrogens with zero attached hydrogens (tertiary/aromatic N) is 3. The highest BCUT2D eigenvalue weighted by molar-refractivity contribution is 5.88. The molecule has 2 rings (SSSR count). The molecule has 0 unspecified atom stereocenters. The third-order valence-corrected chi connectivity index (χ3v) is 2.15. The topological polar surface area (TPSA) is 72.8 Å². The fourth-order valence-corrected chi connectivity index (χ4v) is 1.37. The maximum Gasteiger partial charge on any atom is 0.356 e. The number of carbonyl (C=O) groups is 1. The van der Waals surface area contributed by atoms with Crippen LogP contribution in [0.2, 0.25) is 0 Å². The molecule has 0 aliphatic rings. The largest absolute Gasteiger partial charge is 0.461 e. The van der Waals surface area contributed by atoms with Crippen molar-refractivity contribution in [2.45, 2.75) is 6.92 Å². The predicted octanol–water partition coefficient (Wildman–Crippen LogP) is 0.987. The van der Waals surface area contributed by atoms with E-state index in [1.165, 1.54) is 0 Å². The standard InChI is InChI=1S/C10H12N4O2/c1-3-16-10(15)8-4-7(12-13-8)9-5-11-6-14(9)2/h4-6H,3H2,1-2H3,(H,12,13). The second-order valence-electron chi connectivity index (χ2n) is 3.28. The third kappa shape index (κ3) is 1.81. The lowest BCUT2D eigenvalue weighted by Crippen LogP contribution is -2.04. The molecule has 0 atom stereocenters. The van der Waals surface area contributed by atoms with E-state index >= 15 is 0 Å². The number of hydrogen-bond acceptors (Lipinski definition) is 4. The van der Waals surface area contributed by atoms with Gasteiger partial charge in [0.1, 0.15) is 11.4 Å². The van der Waals surface area contributed by atoms with Crippen molar-refractivity contribution in [3.05, 3.63) is 24.3 Å². The van der Waals surface area contributed by atoms with Gasteiger partial charge in [-0.1, -0.05) is 0 Å². The van der Waals surface area contributed by atoms with E-state index in [4.69, 9.17) is 4.74 Å². The molecule has 0 radical (unpaired) electrons. The minimum Gasteiger partial charge on any atom is -0.461 e. The summed E-state index contributed by atoms with van der Waals surface area (Å²) in [4.78, 5) is 15.4. The van der Waals surface area contributed by atoms with Crippen LogP contribution in [0.5, 0.6) is 0 Å². The van der Waals surface area contributed by atoms with Crippen LogP contribution < -0.4 is 0 Å². The number of aromatic amines is 1. The molecule has 0 saturated carbocycles. The SMILES string of the molecule is CCOC(=O)c1cc(-c2cncn2C)n[nH]1. The lowest BCUT2D eigenvalue weighted by Gasteiger charge is -1.96. The average Bonchev–Trinajstić information content (AvgIpc) is 2.86. The Bertz CT molecular complexity index is 500. The van der Waals surface area contributed by atoms with Crippen LogP contribution in [0, 0.1) is 0 Å². The molecule has 2 heterocycles. The van der Waals surface area contributed by atoms with Crippen LogP contribution >= 0.6 is 0 Å². The van der Waals surface area contributed by atoms with E-state index in [0.29, 0.717) is 18.0 Å². The molecule has 0 aromatic carbocycles. The van der Waals surface area contributed by atoms with Crippen molar-refractivity contribution in [1.82, 2.24) is 19.7 Å². The fourth-order valence-electron chi connectivity index (χ4n) is 1.37. The van der Waals surface area contributed by atoms with E-state index in [1.54, 1.807) is 25.5 Å². The zero-order valence-corrected chi connectivity index (χ0v) is 9.10. The number of rotatable bonds is 3. The molecule has 6 nitrogen and oxygen atoms in total. The predicted molar refractivity (Wildman–Crippen MR) is 56.7 cm³/mol. The first kappa shape index (κ1) is 10.4. The van der Waals surface area contributed by atoms with Gasteiger partial charge in [-0.25, -0.2) is 9.78 Å². The molecule has 0 aliphatic carbocycles. The van der Waals surface area contributed by atoms with Gasteiger partial charge in [-0.2, -0.15) is 5.10 Å². The van der Waals surface area contributed by atoms with Crippen LogP contribution in [0.3, 0.4) is 0 Å². The highest BCUT2D eigenvalue weighted by Gasteiger charge is 2.13. The summed E-state index contributed by atoms with van der Waals surface area (Å²) in [5, 5.41) is 6.68. The molecular formula is C10H12N4O2. The second-order valence-corrected chi connectivity index (χ2v) is 3.28. The fraction of sp³-hybridized carbons (Fsp3) is 0.300. The summed E-state index contributed by atoms with van der Waals surface area (Å²) in [7, 11) is 1.86. The summed E-state index contributed by atoms with van der Waals surface area (Å²) in [6.07, 6.45) is 3.36. The summed E-state index contributed by atoms with van der Waals surface area (Å²) in [6, 6.07) is 1.65. The van der Waals surface area contributed by atoms with Gasteiger partial charge in [-0.15, -0.1) is 0 Å². The van der Waals surface area contributed by atoms with Gasteiger partial charge in [0, 0.05) is 13.1 Å². The molecule has 0 bridgehead atoms. The highest BCUT2D eigenvalue weighted by atomic mass is 16.5. The molecular weight excluding hydrogens is 208 g/mol. The van der Waals surface area contributed by atoms with Crippen molar-refractivity contribution in [3.8, 4) is 11.4 Å². The number of ether oxygens (including phenoxy) is 1. The number of carbonyl (C=O) groups excluding carboxylic acids is 1. The Morgan fingerprint density at radius 3 is 3.06 bits per heavy atom. The Labute approximate surface area is 92.3 Å². The lowest BCUT2D eigenvalue weighted by atomic mass is 10.3. The van der Waals surface area contributed by atoms with Crippen LogP contribution in [-0.2, 0) is 11.8 Å². The summed E-state index contributed by atoms with van der Waals surface area (Å²) >= 11 is 0. The van der Waals surface area contributed by atoms with Crippen LogP contribution in [-0.4, -0.2) is 32.3 Å². The smallest absolute Gasteiger partial charge is 0.356 e. The number of H-pyrrole nitrogens is 1. The van der Waals surface area contributed by atoms with E-state index in [2.05, 4.69) is 15.2 Å². The van der Waals surface area contributed by atoms with Crippen LogP contribution in [0.15, 0.2) is 18.6 Å². The van der Waals surface area contributed by atoms with Gasteiger partial charge < -0.3 is 9.30 Å². The van der Waals surface area contributed by atoms with E-state index < -0.39 is 5.97 Å². The normalized spacial score (nSPS) is 10.4. The van der Waals surface area contributed by atoms with Gasteiger partial charge in [0.25, 0.3) is 0 Å². The first-order valence-electron chi connectivity index (χ1n) is 4.91. The summed E-state index contributed by atoms with van der Waals surface area (Å²) < 4.78 is 6.68. The summed E-state index contributed by atoms with van der Waals surface area (Å²) in [5.41, 5.74) is 1.85. The van der Waals surface area contributed by atoms with Gasteiger partial charge >= 0.3 is 5.97 Å². The van der Waals surface area contributed by atoms with Crippen molar-refractivity contribution in [1.29, 1.82) is 0 Å². The Hall–Kier alpha value is -2.11. The minimum atomic E-state index is -0.400.